The van der Waals surface area contributed by atoms with Crippen molar-refractivity contribution in [2.75, 3.05) is 0 Å². The van der Waals surface area contributed by atoms with E-state index in [1.807, 2.05) is 4.68 Å². The van der Waals surface area contributed by atoms with Crippen LogP contribution in [0.25, 0.3) is 5.69 Å². The molecule has 0 N–H and O–H groups in total. The van der Waals surface area contributed by atoms with Gasteiger partial charge in [0.25, 0.3) is 5.56 Å². The molecular weight excluding hydrogens is 334 g/mol. The van der Waals surface area contributed by atoms with Crippen LogP contribution in [0.15, 0.2) is 23.0 Å². The van der Waals surface area contributed by atoms with E-state index >= 15 is 0 Å². The molecule has 3 aliphatic carbocycles. The number of nitrogens with zero attached hydrogens (tertiary/aromatic N) is 2. The van der Waals surface area contributed by atoms with Crippen LogP contribution >= 0.6 is 0 Å². The number of fused-ring (bicyclic) bond motifs is 5. The molecule has 1 aromatic heterocycles. The molecule has 3 aliphatic rings. The van der Waals surface area contributed by atoms with Crippen LogP contribution in [0.4, 0.5) is 8.78 Å². The Kier molecular flexibility index (Phi) is 3.05. The van der Waals surface area contributed by atoms with Crippen LogP contribution in [-0.2, 0) is 12.0 Å². The number of halogens is 2. The molecule has 0 spiro atoms. The minimum absolute atomic E-state index is 0.0303. The fourth-order valence-corrected chi connectivity index (χ4v) is 5.50. The SMILES string of the molecule is CC1(C)[C@@H]2CC[C@@]1(C)c1c2c(=O)n(-c2ccc(F)cc2F)n1CC1CC1. The fourth-order valence-electron chi connectivity index (χ4n) is 5.50. The average molecular weight is 358 g/mol. The lowest BCUT2D eigenvalue weighted by atomic mass is 9.70. The topological polar surface area (TPSA) is 26.9 Å². The first kappa shape index (κ1) is 16.3. The zero-order valence-electron chi connectivity index (χ0n) is 15.5. The van der Waals surface area contributed by atoms with E-state index < -0.39 is 11.6 Å². The predicted molar refractivity (Wildman–Crippen MR) is 95.8 cm³/mol. The van der Waals surface area contributed by atoms with Crippen molar-refractivity contribution < 1.29 is 8.78 Å². The maximum Gasteiger partial charge on any atom is 0.275 e. The predicted octanol–water partition coefficient (Wildman–Crippen LogP) is 4.50. The van der Waals surface area contributed by atoms with E-state index in [0.717, 1.165) is 49.6 Å². The smallest absolute Gasteiger partial charge is 0.275 e. The van der Waals surface area contributed by atoms with Crippen molar-refractivity contribution >= 4 is 0 Å². The van der Waals surface area contributed by atoms with Crippen molar-refractivity contribution in [1.29, 1.82) is 0 Å². The quantitative estimate of drug-likeness (QED) is 0.793. The average Bonchev–Trinajstić information content (AvgIpc) is 3.26. The minimum atomic E-state index is -0.683. The van der Waals surface area contributed by atoms with Gasteiger partial charge in [-0.1, -0.05) is 20.8 Å². The first-order valence-corrected chi connectivity index (χ1v) is 9.57. The lowest BCUT2D eigenvalue weighted by Crippen LogP contribution is -2.36. The largest absolute Gasteiger partial charge is 0.281 e. The van der Waals surface area contributed by atoms with Crippen molar-refractivity contribution in [3.05, 3.63) is 51.4 Å². The molecule has 1 heterocycles. The van der Waals surface area contributed by atoms with Crippen LogP contribution in [0.3, 0.4) is 0 Å². The Morgan fingerprint density at radius 3 is 2.54 bits per heavy atom. The Morgan fingerprint density at radius 2 is 1.88 bits per heavy atom. The van der Waals surface area contributed by atoms with Gasteiger partial charge in [-0.15, -0.1) is 0 Å². The van der Waals surface area contributed by atoms with Crippen LogP contribution in [-0.4, -0.2) is 9.36 Å². The Balaban J connectivity index is 1.81. The minimum Gasteiger partial charge on any atom is -0.281 e. The summed E-state index contributed by atoms with van der Waals surface area (Å²) in [4.78, 5) is 13.4. The maximum absolute atomic E-state index is 14.6. The second kappa shape index (κ2) is 4.87. The summed E-state index contributed by atoms with van der Waals surface area (Å²) in [6.45, 7) is 7.51. The Hall–Kier alpha value is -1.91. The number of hydrogen-bond acceptors (Lipinski definition) is 1. The fraction of sp³-hybridized carbons (Fsp3) is 0.571. The first-order chi connectivity index (χ1) is 12.3. The Morgan fingerprint density at radius 1 is 1.15 bits per heavy atom. The van der Waals surface area contributed by atoms with E-state index in [0.29, 0.717) is 5.92 Å². The molecule has 2 atom stereocenters. The summed E-state index contributed by atoms with van der Waals surface area (Å²) in [7, 11) is 0. The summed E-state index contributed by atoms with van der Waals surface area (Å²) in [5.74, 6) is -0.547. The molecule has 2 saturated carbocycles. The zero-order valence-corrected chi connectivity index (χ0v) is 15.5. The first-order valence-electron chi connectivity index (χ1n) is 9.57. The van der Waals surface area contributed by atoms with Crippen LogP contribution in [0.5, 0.6) is 0 Å². The van der Waals surface area contributed by atoms with Crippen molar-refractivity contribution in [2.24, 2.45) is 11.3 Å². The van der Waals surface area contributed by atoms with Gasteiger partial charge >= 0.3 is 0 Å². The summed E-state index contributed by atoms with van der Waals surface area (Å²) in [6.07, 6.45) is 4.36. The van der Waals surface area contributed by atoms with Gasteiger partial charge in [0.05, 0.1) is 5.69 Å². The van der Waals surface area contributed by atoms with Gasteiger partial charge in [0.2, 0.25) is 0 Å². The van der Waals surface area contributed by atoms with Crippen LogP contribution in [0, 0.1) is 23.0 Å². The number of hydrogen-bond donors (Lipinski definition) is 0. The third-order valence-electron chi connectivity index (χ3n) is 7.54. The van der Waals surface area contributed by atoms with Gasteiger partial charge in [-0.3, -0.25) is 9.48 Å². The Bertz CT molecular complexity index is 983. The molecule has 3 nitrogen and oxygen atoms in total. The highest BCUT2D eigenvalue weighted by atomic mass is 19.1. The highest BCUT2D eigenvalue weighted by Crippen LogP contribution is 2.67. The molecule has 5 heteroatoms. The van der Waals surface area contributed by atoms with Crippen molar-refractivity contribution in [2.45, 2.75) is 64.3 Å². The molecule has 0 saturated heterocycles. The Labute approximate surface area is 151 Å². The molecule has 0 unspecified atom stereocenters. The van der Waals surface area contributed by atoms with Crippen molar-refractivity contribution in [1.82, 2.24) is 9.36 Å². The number of rotatable bonds is 3. The summed E-state index contributed by atoms with van der Waals surface area (Å²) in [6, 6.07) is 3.48. The van der Waals surface area contributed by atoms with E-state index in [1.165, 1.54) is 16.8 Å². The van der Waals surface area contributed by atoms with E-state index in [4.69, 9.17) is 0 Å². The van der Waals surface area contributed by atoms with E-state index in [1.54, 1.807) is 0 Å². The molecule has 2 aromatic rings. The molecule has 138 valence electrons. The molecule has 0 radical (unpaired) electrons. The highest BCUT2D eigenvalue weighted by Gasteiger charge is 2.63. The van der Waals surface area contributed by atoms with Gasteiger partial charge in [-0.25, -0.2) is 13.5 Å². The number of aromatic nitrogens is 2. The van der Waals surface area contributed by atoms with Gasteiger partial charge < -0.3 is 0 Å². The monoisotopic (exact) mass is 358 g/mol. The molecule has 26 heavy (non-hydrogen) atoms. The van der Waals surface area contributed by atoms with Gasteiger partial charge in [-0.05, 0) is 55.1 Å². The second-order valence-electron chi connectivity index (χ2n) is 9.15. The van der Waals surface area contributed by atoms with Gasteiger partial charge in [0, 0.05) is 23.6 Å². The molecule has 2 bridgehead atoms. The molecule has 5 rings (SSSR count). The van der Waals surface area contributed by atoms with Gasteiger partial charge in [-0.2, -0.15) is 0 Å². The normalized spacial score (nSPS) is 28.6. The summed E-state index contributed by atoms with van der Waals surface area (Å²) < 4.78 is 31.5. The number of benzene rings is 1. The standard InChI is InChI=1S/C21H24F2N2O/c1-20(2)14-8-9-21(20,3)18-17(14)19(26)25(24(18)11-12-4-5-12)16-7-6-13(22)10-15(16)23/h6-7,10,12,14H,4-5,8-9,11H2,1-3H3/t14-,21+/m1/s1. The molecule has 2 fully saturated rings. The van der Waals surface area contributed by atoms with Crippen LogP contribution < -0.4 is 5.56 Å². The van der Waals surface area contributed by atoms with Gasteiger partial charge in [0.15, 0.2) is 5.82 Å². The summed E-state index contributed by atoms with van der Waals surface area (Å²) in [5, 5.41) is 0. The lowest BCUT2D eigenvalue weighted by Gasteiger charge is -2.36. The van der Waals surface area contributed by atoms with Crippen molar-refractivity contribution in [3.8, 4) is 5.69 Å². The molecule has 1 aromatic carbocycles. The third kappa shape index (κ3) is 1.84. The van der Waals surface area contributed by atoms with E-state index in [2.05, 4.69) is 20.8 Å². The van der Waals surface area contributed by atoms with Crippen molar-refractivity contribution in [3.63, 3.8) is 0 Å². The maximum atomic E-state index is 14.6. The van der Waals surface area contributed by atoms with Crippen LogP contribution in [0.2, 0.25) is 0 Å². The third-order valence-corrected chi connectivity index (χ3v) is 7.54. The molecule has 0 amide bonds. The second-order valence-corrected chi connectivity index (χ2v) is 9.15. The molecular formula is C21H24F2N2O. The zero-order chi connectivity index (χ0) is 18.4. The highest BCUT2D eigenvalue weighted by molar-refractivity contribution is 5.47. The van der Waals surface area contributed by atoms with Crippen LogP contribution in [0.1, 0.15) is 63.6 Å². The lowest BCUT2D eigenvalue weighted by molar-refractivity contribution is 0.214. The summed E-state index contributed by atoms with van der Waals surface area (Å²) >= 11 is 0. The molecule has 0 aliphatic heterocycles. The van der Waals surface area contributed by atoms with Gasteiger partial charge in [0.1, 0.15) is 11.5 Å². The van der Waals surface area contributed by atoms with E-state index in [-0.39, 0.29) is 28.0 Å². The summed E-state index contributed by atoms with van der Waals surface area (Å²) in [5.41, 5.74) is 1.96. The van der Waals surface area contributed by atoms with E-state index in [9.17, 15) is 13.6 Å².